The number of aromatic nitrogens is 2. The van der Waals surface area contributed by atoms with Gasteiger partial charge in [0, 0.05) is 11.1 Å². The van der Waals surface area contributed by atoms with Crippen LogP contribution in [0.3, 0.4) is 0 Å². The zero-order chi connectivity index (χ0) is 12.6. The van der Waals surface area contributed by atoms with Gasteiger partial charge in [0.2, 0.25) is 0 Å². The summed E-state index contributed by atoms with van der Waals surface area (Å²) in [6, 6.07) is 0. The number of fused-ring (bicyclic) bond motifs is 1. The minimum Gasteiger partial charge on any atom is -0.475 e. The van der Waals surface area contributed by atoms with Crippen molar-refractivity contribution in [1.82, 2.24) is 9.38 Å². The van der Waals surface area contributed by atoms with Gasteiger partial charge in [-0.1, -0.05) is 0 Å². The maximum Gasteiger partial charge on any atom is 0.376 e. The third-order valence-electron chi connectivity index (χ3n) is 2.27. The summed E-state index contributed by atoms with van der Waals surface area (Å²) in [6.07, 6.45) is 4.44. The van der Waals surface area contributed by atoms with Gasteiger partial charge in [-0.3, -0.25) is 9.20 Å². The number of hydrogen-bond donors (Lipinski definition) is 1. The first kappa shape index (κ1) is 11.5. The van der Waals surface area contributed by atoms with E-state index >= 15 is 0 Å². The highest BCUT2D eigenvalue weighted by Crippen LogP contribution is 2.21. The molecule has 1 N–H and O–H groups in total. The summed E-state index contributed by atoms with van der Waals surface area (Å²) in [4.78, 5) is 27.6. The van der Waals surface area contributed by atoms with E-state index in [9.17, 15) is 9.59 Å². The number of carbonyl (C=O) groups excluding carboxylic acids is 1. The third-order valence-corrected chi connectivity index (χ3v) is 3.16. The monoisotopic (exact) mass is 250 g/mol. The number of thiazole rings is 1. The van der Waals surface area contributed by atoms with E-state index in [1.807, 2.05) is 24.4 Å². The fourth-order valence-corrected chi connectivity index (χ4v) is 2.39. The molecular formula is C11H10N2O3S. The fraction of sp³-hybridized carbons (Fsp3) is 0.182. The Kier molecular flexibility index (Phi) is 2.81. The lowest BCUT2D eigenvalue weighted by molar-refractivity contribution is -0.146. The molecule has 2 rings (SSSR count). The van der Waals surface area contributed by atoms with Gasteiger partial charge in [-0.15, -0.1) is 11.3 Å². The van der Waals surface area contributed by atoms with Gasteiger partial charge in [-0.25, -0.2) is 9.78 Å². The van der Waals surface area contributed by atoms with E-state index in [4.69, 9.17) is 5.11 Å². The average molecular weight is 250 g/mol. The molecule has 2 heterocycles. The SMILES string of the molecule is Cc1cn2c(/C=C/C(=O)C(=O)O)c(C)nc2s1. The third kappa shape index (κ3) is 2.12. The topological polar surface area (TPSA) is 71.7 Å². The van der Waals surface area contributed by atoms with Crippen molar-refractivity contribution >= 4 is 34.1 Å². The van der Waals surface area contributed by atoms with E-state index in [1.165, 1.54) is 6.08 Å². The minimum absolute atomic E-state index is 0.735. The van der Waals surface area contributed by atoms with Crippen LogP contribution in [0.25, 0.3) is 11.0 Å². The van der Waals surface area contributed by atoms with Gasteiger partial charge in [0.15, 0.2) is 4.96 Å². The smallest absolute Gasteiger partial charge is 0.376 e. The predicted octanol–water partition coefficient (Wildman–Crippen LogP) is 1.68. The summed E-state index contributed by atoms with van der Waals surface area (Å²) in [5.74, 6) is -2.40. The molecule has 88 valence electrons. The van der Waals surface area contributed by atoms with Crippen LogP contribution >= 0.6 is 11.3 Å². The molecule has 17 heavy (non-hydrogen) atoms. The number of aryl methyl sites for hydroxylation is 2. The first-order valence-electron chi connectivity index (χ1n) is 4.89. The van der Waals surface area contributed by atoms with Crippen LogP contribution in [0.5, 0.6) is 0 Å². The molecule has 6 heteroatoms. The molecule has 2 aromatic rings. The van der Waals surface area contributed by atoms with E-state index in [1.54, 1.807) is 11.3 Å². The molecular weight excluding hydrogens is 240 g/mol. The summed E-state index contributed by atoms with van der Waals surface area (Å²) < 4.78 is 1.85. The van der Waals surface area contributed by atoms with Crippen molar-refractivity contribution in [2.24, 2.45) is 0 Å². The second kappa shape index (κ2) is 4.14. The zero-order valence-electron chi connectivity index (χ0n) is 9.30. The predicted molar refractivity (Wildman–Crippen MR) is 64.2 cm³/mol. The number of aliphatic carboxylic acids is 1. The number of rotatable bonds is 3. The number of hydrogen-bond acceptors (Lipinski definition) is 4. The van der Waals surface area contributed by atoms with Gasteiger partial charge >= 0.3 is 5.97 Å². The Balaban J connectivity index is 2.44. The number of carbonyl (C=O) groups is 2. The molecule has 2 aromatic heterocycles. The molecule has 0 bridgehead atoms. The molecule has 0 saturated heterocycles. The maximum atomic E-state index is 11.0. The zero-order valence-corrected chi connectivity index (χ0v) is 10.1. The van der Waals surface area contributed by atoms with E-state index in [0.717, 1.165) is 27.3 Å². The van der Waals surface area contributed by atoms with Gasteiger partial charge in [-0.05, 0) is 26.0 Å². The summed E-state index contributed by atoms with van der Waals surface area (Å²) in [5, 5.41) is 8.48. The van der Waals surface area contributed by atoms with E-state index in [-0.39, 0.29) is 0 Å². The molecule has 0 radical (unpaired) electrons. The lowest BCUT2D eigenvalue weighted by Crippen LogP contribution is -2.08. The Labute approximate surface area is 101 Å². The van der Waals surface area contributed by atoms with Gasteiger partial charge in [0.1, 0.15) is 0 Å². The number of carboxylic acids is 1. The minimum atomic E-state index is -1.46. The highest BCUT2D eigenvalue weighted by Gasteiger charge is 2.10. The largest absolute Gasteiger partial charge is 0.475 e. The first-order valence-corrected chi connectivity index (χ1v) is 5.71. The van der Waals surface area contributed by atoms with Crippen LogP contribution in [-0.2, 0) is 9.59 Å². The summed E-state index contributed by atoms with van der Waals surface area (Å²) in [5.41, 5.74) is 1.50. The maximum absolute atomic E-state index is 11.0. The van der Waals surface area contributed by atoms with Crippen LogP contribution in [0.2, 0.25) is 0 Å². The van der Waals surface area contributed by atoms with Crippen LogP contribution in [-0.4, -0.2) is 26.2 Å². The summed E-state index contributed by atoms with van der Waals surface area (Å²) in [6.45, 7) is 3.78. The van der Waals surface area contributed by atoms with Crippen molar-refractivity contribution in [3.8, 4) is 0 Å². The van der Waals surface area contributed by atoms with Crippen LogP contribution in [0, 0.1) is 13.8 Å². The molecule has 0 unspecified atom stereocenters. The summed E-state index contributed by atoms with van der Waals surface area (Å²) >= 11 is 1.54. The van der Waals surface area contributed by atoms with Crippen LogP contribution in [0.4, 0.5) is 0 Å². The molecule has 0 aromatic carbocycles. The highest BCUT2D eigenvalue weighted by atomic mass is 32.1. The van der Waals surface area contributed by atoms with Gasteiger partial charge < -0.3 is 5.11 Å². The fourth-order valence-electron chi connectivity index (χ4n) is 1.51. The van der Waals surface area contributed by atoms with Crippen molar-refractivity contribution in [1.29, 1.82) is 0 Å². The van der Waals surface area contributed by atoms with Crippen LogP contribution in [0.1, 0.15) is 16.3 Å². The Morgan fingerprint density at radius 3 is 2.82 bits per heavy atom. The standard InChI is InChI=1S/C11H10N2O3S/c1-6-5-13-8(3-4-9(14)10(15)16)7(2)12-11(13)17-6/h3-5H,1-2H3,(H,15,16)/b4-3+. The lowest BCUT2D eigenvalue weighted by atomic mass is 10.2. The van der Waals surface area contributed by atoms with Gasteiger partial charge in [-0.2, -0.15) is 0 Å². The van der Waals surface area contributed by atoms with Crippen LogP contribution in [0.15, 0.2) is 12.3 Å². The van der Waals surface area contributed by atoms with E-state index in [0.29, 0.717) is 0 Å². The number of imidazole rings is 1. The van der Waals surface area contributed by atoms with E-state index in [2.05, 4.69) is 4.98 Å². The second-order valence-corrected chi connectivity index (χ2v) is 4.79. The normalized spacial score (nSPS) is 11.4. The molecule has 0 aliphatic rings. The van der Waals surface area contributed by atoms with Crippen molar-refractivity contribution in [2.75, 3.05) is 0 Å². The Morgan fingerprint density at radius 2 is 2.18 bits per heavy atom. The molecule has 0 amide bonds. The first-order chi connectivity index (χ1) is 7.99. The Hall–Kier alpha value is -1.95. The number of carboxylic acid groups (broad SMARTS) is 1. The molecule has 5 nitrogen and oxygen atoms in total. The Bertz CT molecular complexity index is 636. The Morgan fingerprint density at radius 1 is 1.47 bits per heavy atom. The number of nitrogens with zero attached hydrogens (tertiary/aromatic N) is 2. The molecule has 0 atom stereocenters. The van der Waals surface area contributed by atoms with Gasteiger partial charge in [0.05, 0.1) is 11.4 Å². The average Bonchev–Trinajstić information content (AvgIpc) is 2.70. The molecule has 0 saturated carbocycles. The molecule has 0 spiro atoms. The van der Waals surface area contributed by atoms with Crippen LogP contribution < -0.4 is 0 Å². The number of ketones is 1. The highest BCUT2D eigenvalue weighted by molar-refractivity contribution is 7.17. The molecule has 0 aliphatic carbocycles. The van der Waals surface area contributed by atoms with Crippen molar-refractivity contribution in [3.05, 3.63) is 28.5 Å². The van der Waals surface area contributed by atoms with Crippen molar-refractivity contribution < 1.29 is 14.7 Å². The van der Waals surface area contributed by atoms with Gasteiger partial charge in [0.25, 0.3) is 5.78 Å². The molecule has 0 fully saturated rings. The second-order valence-electron chi connectivity index (χ2n) is 3.58. The van der Waals surface area contributed by atoms with Crippen molar-refractivity contribution in [2.45, 2.75) is 13.8 Å². The molecule has 0 aliphatic heterocycles. The lowest BCUT2D eigenvalue weighted by Gasteiger charge is -1.92. The quantitative estimate of drug-likeness (QED) is 0.664. The van der Waals surface area contributed by atoms with Crippen molar-refractivity contribution in [3.63, 3.8) is 0 Å². The summed E-state index contributed by atoms with van der Waals surface area (Å²) in [7, 11) is 0. The van der Waals surface area contributed by atoms with E-state index < -0.39 is 11.8 Å².